The van der Waals surface area contributed by atoms with E-state index in [1.165, 1.54) is 7.11 Å². The molecule has 1 aliphatic rings. The number of urea groups is 1. The second-order valence-electron chi connectivity index (χ2n) is 7.81. The summed E-state index contributed by atoms with van der Waals surface area (Å²) in [6.45, 7) is 7.29. The normalized spacial score (nSPS) is 16.5. The van der Waals surface area contributed by atoms with Crippen molar-refractivity contribution in [1.82, 2.24) is 10.6 Å². The molecule has 1 unspecified atom stereocenters. The van der Waals surface area contributed by atoms with Gasteiger partial charge in [-0.05, 0) is 44.4 Å². The predicted molar refractivity (Wildman–Crippen MR) is 117 cm³/mol. The van der Waals surface area contributed by atoms with Crippen LogP contribution in [0.4, 0.5) is 4.79 Å². The van der Waals surface area contributed by atoms with Gasteiger partial charge in [-0.3, -0.25) is 0 Å². The average Bonchev–Trinajstić information content (AvgIpc) is 2.66. The summed E-state index contributed by atoms with van der Waals surface area (Å²) in [7, 11) is -2.64. The van der Waals surface area contributed by atoms with Gasteiger partial charge in [0.25, 0.3) is 0 Å². The molecule has 2 N–H and O–H groups in total. The zero-order valence-corrected chi connectivity index (χ0v) is 19.0. The van der Waals surface area contributed by atoms with E-state index in [2.05, 4.69) is 10.6 Å². The molecule has 2 aromatic carbocycles. The van der Waals surface area contributed by atoms with Crippen LogP contribution in [0.25, 0.3) is 0 Å². The molecule has 2 amide bonds. The van der Waals surface area contributed by atoms with Crippen LogP contribution in [0, 0.1) is 27.7 Å². The summed E-state index contributed by atoms with van der Waals surface area (Å²) in [5.41, 5.74) is 3.94. The lowest BCUT2D eigenvalue weighted by Gasteiger charge is -2.29. The largest absolute Gasteiger partial charge is 0.466 e. The number of rotatable bonds is 5. The number of methoxy groups -OCH3 is 1. The Morgan fingerprint density at radius 2 is 1.58 bits per heavy atom. The molecular weight excluding hydrogens is 416 g/mol. The molecule has 0 spiro atoms. The molecule has 7 nitrogen and oxygen atoms in total. The Balaban J connectivity index is 2.14. The highest BCUT2D eigenvalue weighted by atomic mass is 32.2. The van der Waals surface area contributed by atoms with Crippen LogP contribution in [0.2, 0.25) is 0 Å². The zero-order valence-electron chi connectivity index (χ0n) is 18.2. The zero-order chi connectivity index (χ0) is 22.9. The minimum Gasteiger partial charge on any atom is -0.466 e. The Labute approximate surface area is 182 Å². The van der Waals surface area contributed by atoms with E-state index >= 15 is 0 Å². The van der Waals surface area contributed by atoms with Gasteiger partial charge in [0.1, 0.15) is 0 Å². The van der Waals surface area contributed by atoms with Gasteiger partial charge in [0.15, 0.2) is 9.84 Å². The number of hydrogen-bond donors (Lipinski definition) is 2. The Kier molecular flexibility index (Phi) is 6.22. The maximum atomic E-state index is 13.3. The van der Waals surface area contributed by atoms with E-state index in [9.17, 15) is 18.0 Å². The summed E-state index contributed by atoms with van der Waals surface area (Å²) in [5.74, 6) is -1.24. The third-order valence-corrected chi connectivity index (χ3v) is 7.15. The number of amides is 2. The van der Waals surface area contributed by atoms with Crippen LogP contribution in [0.5, 0.6) is 0 Å². The molecule has 0 radical (unpaired) electrons. The van der Waals surface area contributed by atoms with Gasteiger partial charge in [-0.2, -0.15) is 0 Å². The fourth-order valence-corrected chi connectivity index (χ4v) is 5.86. The van der Waals surface area contributed by atoms with Crippen molar-refractivity contribution in [3.05, 3.63) is 75.5 Å². The smallest absolute Gasteiger partial charge is 0.338 e. The molecule has 31 heavy (non-hydrogen) atoms. The van der Waals surface area contributed by atoms with Gasteiger partial charge in [0.05, 0.1) is 29.4 Å². The molecule has 0 aliphatic carbocycles. The molecule has 1 aliphatic heterocycles. The van der Waals surface area contributed by atoms with Crippen LogP contribution < -0.4 is 10.6 Å². The highest BCUT2D eigenvalue weighted by molar-refractivity contribution is 7.91. The third kappa shape index (κ3) is 4.64. The number of sulfone groups is 1. The quantitative estimate of drug-likeness (QED) is 0.693. The number of nitrogens with one attached hydrogen (secondary N) is 2. The number of hydrogen-bond acceptors (Lipinski definition) is 5. The lowest BCUT2D eigenvalue weighted by Crippen LogP contribution is -2.47. The summed E-state index contributed by atoms with van der Waals surface area (Å²) in [6, 6.07) is 9.47. The number of esters is 1. The molecule has 1 heterocycles. The van der Waals surface area contributed by atoms with Crippen LogP contribution in [0.15, 0.2) is 52.6 Å². The van der Waals surface area contributed by atoms with E-state index in [0.717, 1.165) is 11.1 Å². The fourth-order valence-electron chi connectivity index (χ4n) is 4.01. The minimum atomic E-state index is -3.86. The van der Waals surface area contributed by atoms with E-state index < -0.39 is 33.6 Å². The lowest BCUT2D eigenvalue weighted by molar-refractivity contribution is -0.136. The van der Waals surface area contributed by atoms with Gasteiger partial charge in [-0.1, -0.05) is 47.5 Å². The van der Waals surface area contributed by atoms with Gasteiger partial charge < -0.3 is 15.4 Å². The van der Waals surface area contributed by atoms with Crippen LogP contribution in [0.1, 0.15) is 33.9 Å². The van der Waals surface area contributed by atoms with Crippen LogP contribution in [0.3, 0.4) is 0 Å². The molecule has 0 saturated heterocycles. The topological polar surface area (TPSA) is 102 Å². The summed E-state index contributed by atoms with van der Waals surface area (Å²) in [6.07, 6.45) is 0. The van der Waals surface area contributed by atoms with Crippen molar-refractivity contribution in [3.63, 3.8) is 0 Å². The predicted octanol–water partition coefficient (Wildman–Crippen LogP) is 3.18. The number of benzene rings is 2. The molecule has 1 atom stereocenters. The van der Waals surface area contributed by atoms with Crippen LogP contribution in [-0.2, 0) is 19.4 Å². The Bertz CT molecular complexity index is 1160. The van der Waals surface area contributed by atoms with E-state index in [4.69, 9.17) is 4.74 Å². The highest BCUT2D eigenvalue weighted by Gasteiger charge is 2.36. The molecule has 0 saturated carbocycles. The van der Waals surface area contributed by atoms with Gasteiger partial charge in [-0.25, -0.2) is 18.0 Å². The number of carbonyl (C=O) groups is 2. The first-order valence-corrected chi connectivity index (χ1v) is 11.4. The van der Waals surface area contributed by atoms with Gasteiger partial charge in [0, 0.05) is 5.70 Å². The number of aryl methyl sites for hydroxylation is 4. The first kappa shape index (κ1) is 22.6. The summed E-state index contributed by atoms with van der Waals surface area (Å²) >= 11 is 0. The first-order chi connectivity index (χ1) is 14.5. The molecule has 164 valence electrons. The monoisotopic (exact) mass is 442 g/mol. The molecule has 0 aromatic heterocycles. The molecule has 0 fully saturated rings. The van der Waals surface area contributed by atoms with Crippen LogP contribution in [-0.4, -0.2) is 33.3 Å². The van der Waals surface area contributed by atoms with E-state index in [1.807, 2.05) is 26.0 Å². The fraction of sp³-hybridized carbons (Fsp3) is 0.304. The van der Waals surface area contributed by atoms with Gasteiger partial charge >= 0.3 is 12.0 Å². The SMILES string of the molecule is COC(=O)C1=C(CS(=O)(=O)c2c(C)cc(C)cc2C)NC(=O)NC1c1ccc(C)cc1. The van der Waals surface area contributed by atoms with E-state index in [0.29, 0.717) is 16.7 Å². The second-order valence-corrected chi connectivity index (χ2v) is 9.74. The minimum absolute atomic E-state index is 0.0144. The molecule has 2 aromatic rings. The average molecular weight is 443 g/mol. The van der Waals surface area contributed by atoms with Crippen molar-refractivity contribution >= 4 is 21.8 Å². The number of ether oxygens (including phenoxy) is 1. The second kappa shape index (κ2) is 8.55. The summed E-state index contributed by atoms with van der Waals surface area (Å²) in [4.78, 5) is 25.3. The molecular formula is C23H26N2O5S. The van der Waals surface area contributed by atoms with Crippen molar-refractivity contribution in [1.29, 1.82) is 0 Å². The summed E-state index contributed by atoms with van der Waals surface area (Å²) in [5, 5.41) is 5.22. The standard InChI is InChI=1S/C23H26N2O5S/c1-13-6-8-17(9-7-13)20-19(22(26)30-5)18(24-23(27)25-20)12-31(28,29)21-15(3)10-14(2)11-16(21)4/h6-11,20H,12H2,1-5H3,(H2,24,25,27). The Hall–Kier alpha value is -3.13. The maximum absolute atomic E-state index is 13.3. The molecule has 3 rings (SSSR count). The van der Waals surface area contributed by atoms with E-state index in [-0.39, 0.29) is 16.2 Å². The Morgan fingerprint density at radius 3 is 2.13 bits per heavy atom. The summed E-state index contributed by atoms with van der Waals surface area (Å²) < 4.78 is 31.6. The maximum Gasteiger partial charge on any atom is 0.338 e. The van der Waals surface area contributed by atoms with Crippen molar-refractivity contribution in [3.8, 4) is 0 Å². The van der Waals surface area contributed by atoms with Crippen molar-refractivity contribution < 1.29 is 22.7 Å². The van der Waals surface area contributed by atoms with Crippen LogP contribution >= 0.6 is 0 Å². The van der Waals surface area contributed by atoms with Crippen molar-refractivity contribution in [2.24, 2.45) is 0 Å². The van der Waals surface area contributed by atoms with E-state index in [1.54, 1.807) is 38.1 Å². The number of carbonyl (C=O) groups excluding carboxylic acids is 2. The van der Waals surface area contributed by atoms with Crippen molar-refractivity contribution in [2.75, 3.05) is 12.9 Å². The lowest BCUT2D eigenvalue weighted by atomic mass is 9.95. The van der Waals surface area contributed by atoms with Crippen molar-refractivity contribution in [2.45, 2.75) is 38.6 Å². The first-order valence-electron chi connectivity index (χ1n) is 9.79. The van der Waals surface area contributed by atoms with Gasteiger partial charge in [-0.15, -0.1) is 0 Å². The Morgan fingerprint density at radius 1 is 1.00 bits per heavy atom. The molecule has 8 heteroatoms. The third-order valence-electron chi connectivity index (χ3n) is 5.22. The van der Waals surface area contributed by atoms with Gasteiger partial charge in [0.2, 0.25) is 0 Å². The molecule has 0 bridgehead atoms. The highest BCUT2D eigenvalue weighted by Crippen LogP contribution is 2.31.